The molecule has 0 aromatic heterocycles. The summed E-state index contributed by atoms with van der Waals surface area (Å²) < 4.78 is 15.8. The molecular weight excluding hydrogens is 208 g/mol. The highest BCUT2D eigenvalue weighted by atomic mass is 28.4. The van der Waals surface area contributed by atoms with Crippen LogP contribution in [0.3, 0.4) is 0 Å². The maximum absolute atomic E-state index is 5.70. The highest BCUT2D eigenvalue weighted by molar-refractivity contribution is 6.61. The lowest BCUT2D eigenvalue weighted by atomic mass is 10.4. The van der Waals surface area contributed by atoms with Crippen LogP contribution in [0.4, 0.5) is 0 Å². The van der Waals surface area contributed by atoms with E-state index in [1.54, 1.807) is 14.2 Å². The Kier molecular flexibility index (Phi) is 5.98. The maximum Gasteiger partial charge on any atom is 0.521 e. The third-order valence-corrected chi connectivity index (χ3v) is 6.85. The summed E-state index contributed by atoms with van der Waals surface area (Å²) in [6.07, 6.45) is 0. The molecular formula is C10H26N2O2Si. The quantitative estimate of drug-likeness (QED) is 0.649. The van der Waals surface area contributed by atoms with Crippen LogP contribution >= 0.6 is 0 Å². The van der Waals surface area contributed by atoms with Gasteiger partial charge < -0.3 is 8.85 Å². The van der Waals surface area contributed by atoms with Crippen molar-refractivity contribution in [2.75, 3.05) is 28.3 Å². The number of hydrogen-bond acceptors (Lipinski definition) is 4. The minimum absolute atomic E-state index is 0.401. The summed E-state index contributed by atoms with van der Waals surface area (Å²) in [5.74, 6) is 0. The summed E-state index contributed by atoms with van der Waals surface area (Å²) in [6.45, 7) is 8.59. The highest BCUT2D eigenvalue weighted by Crippen LogP contribution is 2.19. The molecule has 15 heavy (non-hydrogen) atoms. The highest BCUT2D eigenvalue weighted by Gasteiger charge is 2.49. The van der Waals surface area contributed by atoms with Gasteiger partial charge in [-0.25, -0.2) is 0 Å². The summed E-state index contributed by atoms with van der Waals surface area (Å²) in [5, 5.41) is 0. The van der Waals surface area contributed by atoms with E-state index in [0.717, 1.165) is 0 Å². The number of rotatable bonds is 6. The molecule has 0 atom stereocenters. The van der Waals surface area contributed by atoms with Gasteiger partial charge in [0.05, 0.1) is 0 Å². The summed E-state index contributed by atoms with van der Waals surface area (Å²) in [7, 11) is 5.17. The second kappa shape index (κ2) is 5.96. The zero-order valence-electron chi connectivity index (χ0n) is 11.4. The van der Waals surface area contributed by atoms with Crippen molar-refractivity contribution in [2.45, 2.75) is 39.8 Å². The molecule has 0 unspecified atom stereocenters. The first-order valence-corrected chi connectivity index (χ1v) is 7.10. The van der Waals surface area contributed by atoms with Gasteiger partial charge in [-0.3, -0.25) is 9.13 Å². The Balaban J connectivity index is 5.03. The Labute approximate surface area is 95.6 Å². The lowest BCUT2D eigenvalue weighted by Gasteiger charge is -2.44. The van der Waals surface area contributed by atoms with Gasteiger partial charge >= 0.3 is 8.88 Å². The van der Waals surface area contributed by atoms with E-state index in [-0.39, 0.29) is 0 Å². The molecule has 0 aromatic rings. The molecule has 0 aliphatic heterocycles. The second-order valence-corrected chi connectivity index (χ2v) is 7.69. The van der Waals surface area contributed by atoms with Crippen LogP contribution in [-0.4, -0.2) is 58.4 Å². The zero-order chi connectivity index (χ0) is 12.2. The van der Waals surface area contributed by atoms with Crippen molar-refractivity contribution in [2.24, 2.45) is 0 Å². The Morgan fingerprint density at radius 2 is 1.07 bits per heavy atom. The van der Waals surface area contributed by atoms with Gasteiger partial charge in [-0.2, -0.15) is 0 Å². The van der Waals surface area contributed by atoms with E-state index >= 15 is 0 Å². The predicted molar refractivity (Wildman–Crippen MR) is 65.6 cm³/mol. The van der Waals surface area contributed by atoms with Crippen molar-refractivity contribution >= 4 is 8.88 Å². The summed E-state index contributed by atoms with van der Waals surface area (Å²) in [5.41, 5.74) is 0. The van der Waals surface area contributed by atoms with E-state index in [2.05, 4.69) is 50.9 Å². The standard InChI is InChI=1S/C10H26N2O2Si/c1-9(2)11(5)15(13-7,14-8)12(6)10(3)4/h9-10H,1-8H3. The van der Waals surface area contributed by atoms with Gasteiger partial charge in [0.25, 0.3) is 0 Å². The lowest BCUT2D eigenvalue weighted by Crippen LogP contribution is -2.69. The van der Waals surface area contributed by atoms with Crippen LogP contribution in [-0.2, 0) is 8.85 Å². The molecule has 92 valence electrons. The fraction of sp³-hybridized carbons (Fsp3) is 1.00. The van der Waals surface area contributed by atoms with Gasteiger partial charge in [0.15, 0.2) is 0 Å². The Bertz CT molecular complexity index is 168. The second-order valence-electron chi connectivity index (χ2n) is 4.37. The van der Waals surface area contributed by atoms with Crippen LogP contribution in [0.15, 0.2) is 0 Å². The molecule has 0 rings (SSSR count). The Morgan fingerprint density at radius 1 is 0.800 bits per heavy atom. The molecule has 0 fully saturated rings. The van der Waals surface area contributed by atoms with Crippen molar-refractivity contribution in [1.82, 2.24) is 9.13 Å². The van der Waals surface area contributed by atoms with Crippen molar-refractivity contribution in [3.8, 4) is 0 Å². The molecule has 0 heterocycles. The van der Waals surface area contributed by atoms with E-state index < -0.39 is 8.88 Å². The molecule has 0 radical (unpaired) electrons. The lowest BCUT2D eigenvalue weighted by molar-refractivity contribution is 0.0915. The van der Waals surface area contributed by atoms with Crippen LogP contribution < -0.4 is 0 Å². The third kappa shape index (κ3) is 3.01. The van der Waals surface area contributed by atoms with Gasteiger partial charge in [-0.05, 0) is 14.1 Å². The summed E-state index contributed by atoms with van der Waals surface area (Å²) in [4.78, 5) is 0. The fourth-order valence-electron chi connectivity index (χ4n) is 1.56. The minimum atomic E-state index is -2.41. The first-order chi connectivity index (χ1) is 6.83. The Morgan fingerprint density at radius 3 is 1.20 bits per heavy atom. The maximum atomic E-state index is 5.70. The smallest absolute Gasteiger partial charge is 0.374 e. The normalized spacial score (nSPS) is 13.6. The van der Waals surface area contributed by atoms with Gasteiger partial charge in [0.1, 0.15) is 0 Å². The van der Waals surface area contributed by atoms with E-state index in [1.165, 1.54) is 0 Å². The molecule has 0 aliphatic carbocycles. The molecule has 0 spiro atoms. The molecule has 0 saturated heterocycles. The topological polar surface area (TPSA) is 24.9 Å². The molecule has 0 N–H and O–H groups in total. The third-order valence-electron chi connectivity index (χ3n) is 2.97. The summed E-state index contributed by atoms with van der Waals surface area (Å²) >= 11 is 0. The van der Waals surface area contributed by atoms with Crippen molar-refractivity contribution < 1.29 is 8.85 Å². The van der Waals surface area contributed by atoms with Gasteiger partial charge in [-0.1, -0.05) is 27.7 Å². The van der Waals surface area contributed by atoms with Gasteiger partial charge in [0.2, 0.25) is 0 Å². The largest absolute Gasteiger partial charge is 0.521 e. The van der Waals surface area contributed by atoms with Crippen molar-refractivity contribution in [1.29, 1.82) is 0 Å². The SMILES string of the molecule is CO[Si](OC)(N(C)C(C)C)N(C)C(C)C. The van der Waals surface area contributed by atoms with Crippen LogP contribution in [0.25, 0.3) is 0 Å². The van der Waals surface area contributed by atoms with E-state index in [9.17, 15) is 0 Å². The van der Waals surface area contributed by atoms with Gasteiger partial charge in [-0.15, -0.1) is 0 Å². The number of hydrogen-bond donors (Lipinski definition) is 0. The summed E-state index contributed by atoms with van der Waals surface area (Å²) in [6, 6.07) is 0.801. The minimum Gasteiger partial charge on any atom is -0.374 e. The van der Waals surface area contributed by atoms with E-state index in [4.69, 9.17) is 8.85 Å². The van der Waals surface area contributed by atoms with E-state index in [1.807, 2.05) is 0 Å². The van der Waals surface area contributed by atoms with Crippen LogP contribution in [0.5, 0.6) is 0 Å². The Hall–Kier alpha value is 0.0569. The van der Waals surface area contributed by atoms with Crippen LogP contribution in [0.1, 0.15) is 27.7 Å². The zero-order valence-corrected chi connectivity index (χ0v) is 12.4. The molecule has 0 aromatic carbocycles. The first kappa shape index (κ1) is 15.1. The van der Waals surface area contributed by atoms with Crippen molar-refractivity contribution in [3.05, 3.63) is 0 Å². The van der Waals surface area contributed by atoms with Crippen LogP contribution in [0.2, 0.25) is 0 Å². The van der Waals surface area contributed by atoms with Gasteiger partial charge in [0, 0.05) is 26.3 Å². The molecule has 5 heteroatoms. The molecule has 0 aliphatic rings. The van der Waals surface area contributed by atoms with Crippen LogP contribution in [0, 0.1) is 0 Å². The first-order valence-electron chi connectivity index (χ1n) is 5.39. The van der Waals surface area contributed by atoms with E-state index in [0.29, 0.717) is 12.1 Å². The fourth-order valence-corrected chi connectivity index (χ4v) is 4.68. The molecule has 4 nitrogen and oxygen atoms in total. The van der Waals surface area contributed by atoms with Crippen molar-refractivity contribution in [3.63, 3.8) is 0 Å². The molecule has 0 amide bonds. The molecule has 0 bridgehead atoms. The predicted octanol–water partition coefficient (Wildman–Crippen LogP) is 1.40. The average Bonchev–Trinajstić information content (AvgIpc) is 2.19. The number of nitrogens with zero attached hydrogens (tertiary/aromatic N) is 2. The molecule has 0 saturated carbocycles. The monoisotopic (exact) mass is 234 g/mol. The average molecular weight is 234 g/mol.